The maximum atomic E-state index is 13.4. The number of aryl methyl sites for hydroxylation is 1. The summed E-state index contributed by atoms with van der Waals surface area (Å²) < 4.78 is 11.7. The highest BCUT2D eigenvalue weighted by molar-refractivity contribution is 5.93. The van der Waals surface area contributed by atoms with Crippen molar-refractivity contribution in [3.63, 3.8) is 0 Å². The third-order valence-corrected chi connectivity index (χ3v) is 5.10. The molecule has 0 bridgehead atoms. The van der Waals surface area contributed by atoms with Crippen molar-refractivity contribution in [2.45, 2.75) is 19.1 Å². The van der Waals surface area contributed by atoms with Crippen molar-refractivity contribution >= 4 is 5.91 Å². The van der Waals surface area contributed by atoms with Crippen LogP contribution in [0, 0.1) is 6.92 Å². The Kier molecular flexibility index (Phi) is 5.51. The number of aromatic amines is 1. The van der Waals surface area contributed by atoms with Crippen molar-refractivity contribution in [1.29, 1.82) is 0 Å². The van der Waals surface area contributed by atoms with E-state index in [1.807, 2.05) is 68.4 Å². The number of hydrogen-bond donors (Lipinski definition) is 1. The van der Waals surface area contributed by atoms with Crippen LogP contribution in [0.2, 0.25) is 0 Å². The molecule has 3 aromatic rings. The summed E-state index contributed by atoms with van der Waals surface area (Å²) in [4.78, 5) is 17.4. The van der Waals surface area contributed by atoms with Gasteiger partial charge in [-0.05, 0) is 38.7 Å². The van der Waals surface area contributed by atoms with Gasteiger partial charge < -0.3 is 19.0 Å². The number of furan rings is 1. The Bertz CT molecular complexity index is 963. The Balaban J connectivity index is 1.64. The lowest BCUT2D eigenvalue weighted by Gasteiger charge is -2.42. The van der Waals surface area contributed by atoms with Crippen molar-refractivity contribution < 1.29 is 13.9 Å². The monoisotopic (exact) mass is 394 g/mol. The Morgan fingerprint density at radius 3 is 2.72 bits per heavy atom. The molecule has 7 heteroatoms. The molecule has 3 heterocycles. The quantitative estimate of drug-likeness (QED) is 0.720. The van der Waals surface area contributed by atoms with Gasteiger partial charge in [0.1, 0.15) is 11.5 Å². The lowest BCUT2D eigenvalue weighted by atomic mass is 9.97. The smallest absolute Gasteiger partial charge is 0.275 e. The van der Waals surface area contributed by atoms with E-state index in [4.69, 9.17) is 9.15 Å². The standard InChI is InChI=1S/C22H26N4O3/c1-15-9-10-19(29-15)17-13-18(24-23-17)22(27)26-11-12-28-20(14-25(2)3)21(26)16-7-5-4-6-8-16/h4-10,13,20-21H,11-12,14H2,1-3H3,(H,23,24)/t20-,21-/m0/s1. The molecule has 152 valence electrons. The van der Waals surface area contributed by atoms with E-state index in [-0.39, 0.29) is 18.1 Å². The summed E-state index contributed by atoms with van der Waals surface area (Å²) in [5.74, 6) is 1.36. The van der Waals surface area contributed by atoms with E-state index in [0.717, 1.165) is 17.9 Å². The first-order chi connectivity index (χ1) is 14.0. The molecule has 0 saturated carbocycles. The van der Waals surface area contributed by atoms with E-state index < -0.39 is 0 Å². The number of H-pyrrole nitrogens is 1. The van der Waals surface area contributed by atoms with Crippen LogP contribution in [0.5, 0.6) is 0 Å². The highest BCUT2D eigenvalue weighted by atomic mass is 16.5. The summed E-state index contributed by atoms with van der Waals surface area (Å²) in [5.41, 5.74) is 2.13. The molecular formula is C22H26N4O3. The van der Waals surface area contributed by atoms with Gasteiger partial charge in [0.05, 0.1) is 18.8 Å². The SMILES string of the molecule is Cc1ccc(-c2cc(C(=O)N3CCO[C@@H](CN(C)C)[C@@H]3c3ccccc3)n[nH]2)o1. The fourth-order valence-corrected chi connectivity index (χ4v) is 3.80. The maximum Gasteiger partial charge on any atom is 0.275 e. The number of nitrogens with one attached hydrogen (secondary N) is 1. The zero-order valence-electron chi connectivity index (χ0n) is 17.0. The number of carbonyl (C=O) groups excluding carboxylic acids is 1. The van der Waals surface area contributed by atoms with E-state index in [2.05, 4.69) is 15.1 Å². The predicted molar refractivity (Wildman–Crippen MR) is 110 cm³/mol. The van der Waals surface area contributed by atoms with Crippen LogP contribution in [0.25, 0.3) is 11.5 Å². The highest BCUT2D eigenvalue weighted by Gasteiger charge is 2.37. The van der Waals surface area contributed by atoms with Crippen molar-refractivity contribution in [1.82, 2.24) is 20.0 Å². The van der Waals surface area contributed by atoms with Gasteiger partial charge in [0.25, 0.3) is 5.91 Å². The van der Waals surface area contributed by atoms with Gasteiger partial charge >= 0.3 is 0 Å². The minimum atomic E-state index is -0.175. The molecule has 1 aromatic carbocycles. The number of likely N-dealkylation sites (N-methyl/N-ethyl adjacent to an activating group) is 1. The second-order valence-corrected chi connectivity index (χ2v) is 7.60. The van der Waals surface area contributed by atoms with E-state index in [1.165, 1.54) is 0 Å². The van der Waals surface area contributed by atoms with Gasteiger partial charge in [-0.15, -0.1) is 0 Å². The van der Waals surface area contributed by atoms with E-state index in [0.29, 0.717) is 30.3 Å². The van der Waals surface area contributed by atoms with Gasteiger partial charge in [-0.1, -0.05) is 30.3 Å². The first-order valence-corrected chi connectivity index (χ1v) is 9.77. The molecule has 2 aromatic heterocycles. The van der Waals surface area contributed by atoms with Crippen molar-refractivity contribution in [2.75, 3.05) is 33.8 Å². The first-order valence-electron chi connectivity index (χ1n) is 9.77. The summed E-state index contributed by atoms with van der Waals surface area (Å²) in [6, 6.07) is 15.4. The first kappa shape index (κ1) is 19.4. The fraction of sp³-hybridized carbons (Fsp3) is 0.364. The topological polar surface area (TPSA) is 74.6 Å². The highest BCUT2D eigenvalue weighted by Crippen LogP contribution is 2.31. The Morgan fingerprint density at radius 1 is 1.24 bits per heavy atom. The van der Waals surface area contributed by atoms with Crippen LogP contribution >= 0.6 is 0 Å². The number of hydrogen-bond acceptors (Lipinski definition) is 5. The van der Waals surface area contributed by atoms with Crippen molar-refractivity contribution in [3.05, 3.63) is 65.5 Å². The molecule has 1 amide bonds. The molecule has 1 fully saturated rings. The molecule has 0 unspecified atom stereocenters. The fourth-order valence-electron chi connectivity index (χ4n) is 3.80. The molecule has 29 heavy (non-hydrogen) atoms. The van der Waals surface area contributed by atoms with E-state index in [1.54, 1.807) is 6.07 Å². The summed E-state index contributed by atoms with van der Waals surface area (Å²) in [7, 11) is 4.02. The molecule has 0 aliphatic carbocycles. The normalized spacial score (nSPS) is 19.7. The average molecular weight is 394 g/mol. The molecule has 7 nitrogen and oxygen atoms in total. The van der Waals surface area contributed by atoms with Gasteiger partial charge in [-0.25, -0.2) is 0 Å². The van der Waals surface area contributed by atoms with Gasteiger partial charge in [0.15, 0.2) is 11.5 Å². The molecule has 1 saturated heterocycles. The number of ether oxygens (including phenoxy) is 1. The molecule has 0 spiro atoms. The van der Waals surface area contributed by atoms with Gasteiger partial charge in [-0.3, -0.25) is 9.89 Å². The van der Waals surface area contributed by atoms with E-state index in [9.17, 15) is 4.79 Å². The van der Waals surface area contributed by atoms with Crippen LogP contribution in [0.4, 0.5) is 0 Å². The number of morpholine rings is 1. The molecule has 1 aliphatic heterocycles. The average Bonchev–Trinajstić information content (AvgIpc) is 3.36. The lowest BCUT2D eigenvalue weighted by molar-refractivity contribution is -0.0686. The van der Waals surface area contributed by atoms with Crippen molar-refractivity contribution in [2.24, 2.45) is 0 Å². The second-order valence-electron chi connectivity index (χ2n) is 7.60. The van der Waals surface area contributed by atoms with Crippen LogP contribution in [0.1, 0.15) is 27.9 Å². The molecule has 4 rings (SSSR count). The number of nitrogens with zero attached hydrogens (tertiary/aromatic N) is 3. The number of benzene rings is 1. The molecule has 2 atom stereocenters. The van der Waals surface area contributed by atoms with Crippen LogP contribution in [-0.4, -0.2) is 65.8 Å². The lowest BCUT2D eigenvalue weighted by Crippen LogP contribution is -2.51. The Morgan fingerprint density at radius 2 is 2.03 bits per heavy atom. The molecular weight excluding hydrogens is 368 g/mol. The third-order valence-electron chi connectivity index (χ3n) is 5.10. The minimum Gasteiger partial charge on any atom is -0.460 e. The maximum absolute atomic E-state index is 13.4. The second kappa shape index (κ2) is 8.23. The molecule has 1 N–H and O–H groups in total. The summed E-state index contributed by atoms with van der Waals surface area (Å²) >= 11 is 0. The zero-order chi connectivity index (χ0) is 20.4. The van der Waals surface area contributed by atoms with Crippen LogP contribution in [0.15, 0.2) is 52.9 Å². The van der Waals surface area contributed by atoms with Crippen molar-refractivity contribution in [3.8, 4) is 11.5 Å². The van der Waals surface area contributed by atoms with Crippen LogP contribution in [0.3, 0.4) is 0 Å². The summed E-state index contributed by atoms with van der Waals surface area (Å²) in [6.07, 6.45) is -0.115. The van der Waals surface area contributed by atoms with Gasteiger partial charge in [0.2, 0.25) is 0 Å². The molecule has 1 aliphatic rings. The zero-order valence-corrected chi connectivity index (χ0v) is 17.0. The summed E-state index contributed by atoms with van der Waals surface area (Å²) in [5, 5.41) is 7.19. The predicted octanol–water partition coefficient (Wildman–Crippen LogP) is 3.12. The minimum absolute atomic E-state index is 0.114. The largest absolute Gasteiger partial charge is 0.460 e. The third kappa shape index (κ3) is 4.11. The van der Waals surface area contributed by atoms with Crippen LogP contribution < -0.4 is 0 Å². The number of carbonyl (C=O) groups is 1. The Labute approximate surface area is 170 Å². The number of rotatable bonds is 5. The number of amides is 1. The van der Waals surface area contributed by atoms with Crippen LogP contribution in [-0.2, 0) is 4.74 Å². The molecule has 0 radical (unpaired) electrons. The van der Waals surface area contributed by atoms with E-state index >= 15 is 0 Å². The Hall–Kier alpha value is -2.90. The van der Waals surface area contributed by atoms with Gasteiger partial charge in [0, 0.05) is 19.2 Å². The summed E-state index contributed by atoms with van der Waals surface area (Å²) in [6.45, 7) is 3.63. The van der Waals surface area contributed by atoms with Gasteiger partial charge in [-0.2, -0.15) is 5.10 Å². The number of aromatic nitrogens is 2.